The van der Waals surface area contributed by atoms with E-state index in [1.807, 2.05) is 22.7 Å². The Bertz CT molecular complexity index is 1450. The highest BCUT2D eigenvalue weighted by molar-refractivity contribution is 7.21. The molecule has 4 heterocycles. The molecule has 0 unspecified atom stereocenters. The molecular weight excluding hydrogens is 360 g/mol. The maximum Gasteiger partial charge on any atom is 0.130 e. The van der Waals surface area contributed by atoms with Gasteiger partial charge in [0, 0.05) is 40.7 Å². The molecule has 128 valence electrons. The maximum absolute atomic E-state index is 4.81. The Morgan fingerprint density at radius 2 is 0.885 bits per heavy atom. The van der Waals surface area contributed by atoms with Gasteiger partial charge in [-0.25, -0.2) is 0 Å². The molecule has 0 spiro atoms. The molecule has 0 bridgehead atoms. The van der Waals surface area contributed by atoms with Crippen LogP contribution in [0.25, 0.3) is 30.9 Å². The van der Waals surface area contributed by atoms with Crippen LogP contribution in [-0.4, -0.2) is 13.3 Å². The molecule has 0 amide bonds. The molecular formula is C20H16N4S2. The number of nitrogens with zero attached hydrogens (tertiary/aromatic N) is 4. The molecule has 6 heteroatoms. The number of benzene rings is 2. The monoisotopic (exact) mass is 376 g/mol. The minimum Gasteiger partial charge on any atom is -0.259 e. The van der Waals surface area contributed by atoms with Crippen LogP contribution in [0.4, 0.5) is 0 Å². The summed E-state index contributed by atoms with van der Waals surface area (Å²) in [5.41, 5.74) is 2.65. The van der Waals surface area contributed by atoms with Crippen molar-refractivity contribution in [2.24, 2.45) is 20.0 Å². The van der Waals surface area contributed by atoms with Crippen molar-refractivity contribution in [3.63, 3.8) is 0 Å². The van der Waals surface area contributed by atoms with Crippen LogP contribution in [0, 0.1) is 27.7 Å². The van der Waals surface area contributed by atoms with E-state index in [1.165, 1.54) is 51.8 Å². The van der Waals surface area contributed by atoms with Crippen molar-refractivity contribution in [1.82, 2.24) is 0 Å². The van der Waals surface area contributed by atoms with Crippen molar-refractivity contribution in [2.45, 2.75) is 27.7 Å². The van der Waals surface area contributed by atoms with Gasteiger partial charge in [-0.05, 0) is 38.8 Å². The quantitative estimate of drug-likeness (QED) is 0.453. The zero-order valence-electron chi connectivity index (χ0n) is 15.0. The molecule has 0 saturated carbocycles. The van der Waals surface area contributed by atoms with Gasteiger partial charge in [0.05, 0.1) is 21.4 Å². The Morgan fingerprint density at radius 1 is 0.538 bits per heavy atom. The predicted molar refractivity (Wildman–Crippen MR) is 108 cm³/mol. The molecule has 4 nitrogen and oxygen atoms in total. The smallest absolute Gasteiger partial charge is 0.130 e. The standard InChI is InChI=1S/C20H16N4S2/c1-7-9(3)25-19-11(7)15-17(23-5-21-15)14-13(19)18-16(22-6-24-18)12-8(2)10(4)26-20(12)14/h5-6H2,1-4H3. The molecule has 0 aliphatic carbocycles. The first-order chi connectivity index (χ1) is 12.6. The fourth-order valence-corrected chi connectivity index (χ4v) is 6.73. The third kappa shape index (κ3) is 1.56. The lowest BCUT2D eigenvalue weighted by atomic mass is 10.00. The van der Waals surface area contributed by atoms with Gasteiger partial charge in [0.25, 0.3) is 0 Å². The fraction of sp³-hybridized carbons (Fsp3) is 0.300. The molecule has 26 heavy (non-hydrogen) atoms. The number of hydrogen-bond acceptors (Lipinski definition) is 6. The molecule has 6 rings (SSSR count). The second-order valence-electron chi connectivity index (χ2n) is 7.03. The average molecular weight is 377 g/mol. The Morgan fingerprint density at radius 3 is 1.27 bits per heavy atom. The summed E-state index contributed by atoms with van der Waals surface area (Å²) < 4.78 is 2.61. The first kappa shape index (κ1) is 14.9. The van der Waals surface area contributed by atoms with Crippen LogP contribution < -0.4 is 21.4 Å². The Kier molecular flexibility index (Phi) is 2.73. The number of thiophene rings is 2. The van der Waals surface area contributed by atoms with E-state index >= 15 is 0 Å². The lowest BCUT2D eigenvalue weighted by molar-refractivity contribution is 1.06. The van der Waals surface area contributed by atoms with E-state index in [9.17, 15) is 0 Å². The molecule has 0 radical (unpaired) electrons. The van der Waals surface area contributed by atoms with Crippen molar-refractivity contribution in [1.29, 1.82) is 0 Å². The molecule has 0 fully saturated rings. The van der Waals surface area contributed by atoms with Crippen LogP contribution >= 0.6 is 22.7 Å². The van der Waals surface area contributed by atoms with E-state index in [1.54, 1.807) is 0 Å². The van der Waals surface area contributed by atoms with Crippen LogP contribution in [0.5, 0.6) is 0 Å². The highest BCUT2D eigenvalue weighted by atomic mass is 32.1. The SMILES string of the molecule is Cc1sc2c(c1C)c1c(c3c4sc(C)c(C)c4c4c(c23)=NCN=4)=NCN=1. The molecule has 0 saturated heterocycles. The molecule has 2 aromatic heterocycles. The highest BCUT2D eigenvalue weighted by Crippen LogP contribution is 2.36. The van der Waals surface area contributed by atoms with Gasteiger partial charge in [0.2, 0.25) is 0 Å². The Balaban J connectivity index is 2.15. The average Bonchev–Trinajstić information content (AvgIpc) is 3.36. The van der Waals surface area contributed by atoms with Gasteiger partial charge in [-0.2, -0.15) is 0 Å². The summed E-state index contributed by atoms with van der Waals surface area (Å²) in [5, 5.41) is 9.30. The molecule has 0 atom stereocenters. The first-order valence-corrected chi connectivity index (χ1v) is 10.4. The lowest BCUT2D eigenvalue weighted by Crippen LogP contribution is -2.30. The Labute approximate surface area is 157 Å². The normalized spacial score (nSPS) is 15.1. The lowest BCUT2D eigenvalue weighted by Gasteiger charge is -2.04. The van der Waals surface area contributed by atoms with E-state index in [4.69, 9.17) is 20.0 Å². The summed E-state index contributed by atoms with van der Waals surface area (Å²) in [6.45, 7) is 9.86. The third-order valence-electron chi connectivity index (χ3n) is 5.79. The van der Waals surface area contributed by atoms with Gasteiger partial charge in [0.15, 0.2) is 0 Å². The van der Waals surface area contributed by atoms with Gasteiger partial charge >= 0.3 is 0 Å². The van der Waals surface area contributed by atoms with Crippen molar-refractivity contribution < 1.29 is 0 Å². The van der Waals surface area contributed by atoms with Crippen LogP contribution in [0.3, 0.4) is 0 Å². The molecule has 0 N–H and O–H groups in total. The van der Waals surface area contributed by atoms with Crippen LogP contribution in [0.15, 0.2) is 20.0 Å². The van der Waals surface area contributed by atoms with Crippen molar-refractivity contribution in [2.75, 3.05) is 13.3 Å². The Hall–Kier alpha value is -2.18. The number of aryl methyl sites for hydroxylation is 4. The van der Waals surface area contributed by atoms with Gasteiger partial charge in [-0.1, -0.05) is 0 Å². The van der Waals surface area contributed by atoms with Gasteiger partial charge in [0.1, 0.15) is 13.3 Å². The number of fused-ring (bicyclic) bond motifs is 11. The summed E-state index contributed by atoms with van der Waals surface area (Å²) in [4.78, 5) is 21.9. The van der Waals surface area contributed by atoms with Gasteiger partial charge in [-0.15, -0.1) is 22.7 Å². The van der Waals surface area contributed by atoms with Crippen molar-refractivity contribution in [3.05, 3.63) is 42.3 Å². The minimum atomic E-state index is 0.529. The van der Waals surface area contributed by atoms with E-state index in [2.05, 4.69) is 27.7 Å². The molecule has 4 aromatic rings. The van der Waals surface area contributed by atoms with E-state index in [-0.39, 0.29) is 0 Å². The number of rotatable bonds is 0. The van der Waals surface area contributed by atoms with Gasteiger partial charge < -0.3 is 0 Å². The van der Waals surface area contributed by atoms with Crippen molar-refractivity contribution >= 4 is 53.6 Å². The zero-order valence-corrected chi connectivity index (χ0v) is 16.7. The zero-order chi connectivity index (χ0) is 17.7. The second-order valence-corrected chi connectivity index (χ2v) is 9.48. The molecule has 2 aliphatic rings. The largest absolute Gasteiger partial charge is 0.259 e. The second kappa shape index (κ2) is 4.75. The molecule has 2 aromatic carbocycles. The summed E-state index contributed by atoms with van der Waals surface area (Å²) in [5.74, 6) is 0. The van der Waals surface area contributed by atoms with E-state index in [0.29, 0.717) is 13.3 Å². The van der Waals surface area contributed by atoms with E-state index < -0.39 is 0 Å². The highest BCUT2D eigenvalue weighted by Gasteiger charge is 2.23. The minimum absolute atomic E-state index is 0.529. The number of hydrogen-bond donors (Lipinski definition) is 0. The van der Waals surface area contributed by atoms with Crippen LogP contribution in [0.1, 0.15) is 20.9 Å². The summed E-state index contributed by atoms with van der Waals surface area (Å²) in [7, 11) is 0. The fourth-order valence-electron chi connectivity index (χ4n) is 4.30. The van der Waals surface area contributed by atoms with E-state index in [0.717, 1.165) is 21.4 Å². The third-order valence-corrected chi connectivity index (χ3v) is 8.24. The molecule has 2 aliphatic heterocycles. The topological polar surface area (TPSA) is 49.4 Å². The summed E-state index contributed by atoms with van der Waals surface area (Å²) >= 11 is 3.72. The predicted octanol–water partition coefficient (Wildman–Crippen LogP) is 2.92. The van der Waals surface area contributed by atoms with Crippen molar-refractivity contribution in [3.8, 4) is 0 Å². The summed E-state index contributed by atoms with van der Waals surface area (Å²) in [6, 6.07) is 0. The maximum atomic E-state index is 4.81. The first-order valence-electron chi connectivity index (χ1n) is 8.73. The van der Waals surface area contributed by atoms with Gasteiger partial charge in [-0.3, -0.25) is 20.0 Å². The van der Waals surface area contributed by atoms with Crippen LogP contribution in [0.2, 0.25) is 0 Å². The summed E-state index contributed by atoms with van der Waals surface area (Å²) in [6.07, 6.45) is 0. The van der Waals surface area contributed by atoms with Crippen LogP contribution in [-0.2, 0) is 0 Å².